The molecule has 12 heavy (non-hydrogen) atoms. The van der Waals surface area contributed by atoms with Gasteiger partial charge in [0.25, 0.3) is 0 Å². The van der Waals surface area contributed by atoms with Gasteiger partial charge in [-0.05, 0) is 30.5 Å². The summed E-state index contributed by atoms with van der Waals surface area (Å²) < 4.78 is 0. The van der Waals surface area contributed by atoms with Crippen LogP contribution >= 0.6 is 0 Å². The number of hydrogen-bond donors (Lipinski definition) is 1. The van der Waals surface area contributed by atoms with Crippen molar-refractivity contribution in [2.24, 2.45) is 0 Å². The number of carbonyl (C=O) groups excluding carboxylic acids is 1. The summed E-state index contributed by atoms with van der Waals surface area (Å²) in [5.41, 5.74) is 2.70. The van der Waals surface area contributed by atoms with Crippen molar-refractivity contribution in [2.75, 3.05) is 5.32 Å². The zero-order chi connectivity index (χ0) is 8.55. The minimum absolute atomic E-state index is 0.0769. The van der Waals surface area contributed by atoms with Crippen molar-refractivity contribution in [1.29, 1.82) is 0 Å². The molecule has 2 heteroatoms. The largest absolute Gasteiger partial charge is 0.326 e. The van der Waals surface area contributed by atoms with Gasteiger partial charge >= 0.3 is 0 Å². The molecule has 2 radical (unpaired) electrons. The first kappa shape index (κ1) is 7.35. The molecule has 0 fully saturated rings. The van der Waals surface area contributed by atoms with E-state index in [0.29, 0.717) is 6.42 Å². The number of hydrogen-bond acceptors (Lipinski definition) is 1. The van der Waals surface area contributed by atoms with Gasteiger partial charge in [0.05, 0.1) is 0 Å². The Labute approximate surface area is 71.6 Å². The van der Waals surface area contributed by atoms with Gasteiger partial charge in [-0.1, -0.05) is 12.1 Å². The monoisotopic (exact) mass is 159 g/mol. The lowest BCUT2D eigenvalue weighted by molar-refractivity contribution is -0.116. The zero-order valence-corrected chi connectivity index (χ0v) is 6.63. The summed E-state index contributed by atoms with van der Waals surface area (Å²) in [5, 5.41) is 2.78. The lowest BCUT2D eigenvalue weighted by Crippen LogP contribution is -2.19. The molecule has 2 nitrogen and oxygen atoms in total. The Kier molecular flexibility index (Phi) is 1.61. The molecule has 1 N–H and O–H groups in total. The highest BCUT2D eigenvalue weighted by Gasteiger charge is 2.15. The molecule has 0 saturated carbocycles. The highest BCUT2D eigenvalue weighted by atomic mass is 16.1. The summed E-state index contributed by atoms with van der Waals surface area (Å²) in [7, 11) is 0. The van der Waals surface area contributed by atoms with E-state index >= 15 is 0 Å². The predicted molar refractivity (Wildman–Crippen MR) is 46.8 cm³/mol. The second-order valence-electron chi connectivity index (χ2n) is 2.92. The fourth-order valence-electron chi connectivity index (χ4n) is 1.45. The second kappa shape index (κ2) is 2.63. The highest BCUT2D eigenvalue weighted by molar-refractivity contribution is 5.94. The van der Waals surface area contributed by atoms with Crippen LogP contribution in [0.5, 0.6) is 0 Å². The first-order chi connectivity index (χ1) is 5.77. The van der Waals surface area contributed by atoms with Crippen LogP contribution in [-0.4, -0.2) is 5.91 Å². The molecule has 0 aliphatic carbocycles. The van der Waals surface area contributed by atoms with Crippen LogP contribution in [0.2, 0.25) is 0 Å². The van der Waals surface area contributed by atoms with E-state index in [0.717, 1.165) is 23.2 Å². The highest BCUT2D eigenvalue weighted by Crippen LogP contribution is 2.24. The minimum Gasteiger partial charge on any atom is -0.326 e. The van der Waals surface area contributed by atoms with Crippen molar-refractivity contribution in [3.05, 3.63) is 36.2 Å². The van der Waals surface area contributed by atoms with E-state index in [4.69, 9.17) is 6.92 Å². The van der Waals surface area contributed by atoms with Crippen LogP contribution in [0, 0.1) is 6.92 Å². The molecule has 1 aliphatic rings. The maximum absolute atomic E-state index is 11.0. The summed E-state index contributed by atoms with van der Waals surface area (Å²) in [6.45, 7) is 5.74. The first-order valence-electron chi connectivity index (χ1n) is 3.94. The number of anilines is 1. The van der Waals surface area contributed by atoms with Crippen molar-refractivity contribution in [1.82, 2.24) is 0 Å². The van der Waals surface area contributed by atoms with Crippen LogP contribution in [0.15, 0.2) is 18.2 Å². The number of carbonyl (C=O) groups is 1. The number of benzene rings is 1. The Balaban J connectivity index is 2.48. The van der Waals surface area contributed by atoms with E-state index in [1.807, 2.05) is 18.2 Å². The second-order valence-corrected chi connectivity index (χ2v) is 2.92. The van der Waals surface area contributed by atoms with Gasteiger partial charge in [-0.15, -0.1) is 0 Å². The number of fused-ring (bicyclic) bond motifs is 1. The van der Waals surface area contributed by atoms with Gasteiger partial charge in [0, 0.05) is 12.1 Å². The van der Waals surface area contributed by atoms with Crippen molar-refractivity contribution in [3.8, 4) is 0 Å². The molecule has 0 atom stereocenters. The molecule has 1 aromatic carbocycles. The molecule has 0 unspecified atom stereocenters. The Morgan fingerprint density at radius 1 is 1.33 bits per heavy atom. The predicted octanol–water partition coefficient (Wildman–Crippen LogP) is 1.63. The molecule has 1 heterocycles. The molecule has 2 rings (SSSR count). The van der Waals surface area contributed by atoms with Crippen LogP contribution in [0.3, 0.4) is 0 Å². The van der Waals surface area contributed by atoms with Crippen LogP contribution in [0.25, 0.3) is 0 Å². The summed E-state index contributed by atoms with van der Waals surface area (Å²) in [6.07, 6.45) is 1.30. The van der Waals surface area contributed by atoms with Gasteiger partial charge in [-0.3, -0.25) is 4.79 Å². The van der Waals surface area contributed by atoms with Gasteiger partial charge in [-0.2, -0.15) is 0 Å². The topological polar surface area (TPSA) is 29.1 Å². The SMILES string of the molecule is [CH]c1cccc2c1CCC(=O)N2. The van der Waals surface area contributed by atoms with Gasteiger partial charge in [0.15, 0.2) is 0 Å². The molecule has 0 saturated heterocycles. The normalized spacial score (nSPS) is 15.2. The smallest absolute Gasteiger partial charge is 0.224 e. The maximum atomic E-state index is 11.0. The van der Waals surface area contributed by atoms with Gasteiger partial charge in [-0.25, -0.2) is 0 Å². The van der Waals surface area contributed by atoms with Crippen molar-refractivity contribution in [3.63, 3.8) is 0 Å². The van der Waals surface area contributed by atoms with Crippen molar-refractivity contribution < 1.29 is 4.79 Å². The Hall–Kier alpha value is -1.31. The minimum atomic E-state index is 0.0769. The average Bonchev–Trinajstić information content (AvgIpc) is 2.04. The van der Waals surface area contributed by atoms with Crippen molar-refractivity contribution >= 4 is 11.6 Å². The average molecular weight is 159 g/mol. The summed E-state index contributed by atoms with van der Waals surface area (Å²) in [4.78, 5) is 11.0. The number of rotatable bonds is 0. The Bertz CT molecular complexity index is 331. The molecule has 1 aliphatic heterocycles. The van der Waals surface area contributed by atoms with E-state index in [-0.39, 0.29) is 5.91 Å². The van der Waals surface area contributed by atoms with E-state index in [1.165, 1.54) is 0 Å². The van der Waals surface area contributed by atoms with Gasteiger partial charge < -0.3 is 5.32 Å². The zero-order valence-electron chi connectivity index (χ0n) is 6.63. The third kappa shape index (κ3) is 1.09. The first-order valence-corrected chi connectivity index (χ1v) is 3.94. The van der Waals surface area contributed by atoms with Crippen molar-refractivity contribution in [2.45, 2.75) is 12.8 Å². The maximum Gasteiger partial charge on any atom is 0.224 e. The fraction of sp³-hybridized carbons (Fsp3) is 0.200. The van der Waals surface area contributed by atoms with Crippen LogP contribution in [-0.2, 0) is 11.2 Å². The quantitative estimate of drug-likeness (QED) is 0.612. The molecular weight excluding hydrogens is 150 g/mol. The molecule has 0 spiro atoms. The van der Waals surface area contributed by atoms with Crippen LogP contribution in [0.4, 0.5) is 5.69 Å². The molecule has 1 amide bonds. The lowest BCUT2D eigenvalue weighted by Gasteiger charge is -2.17. The third-order valence-electron chi connectivity index (χ3n) is 2.09. The number of amides is 1. The third-order valence-corrected chi connectivity index (χ3v) is 2.09. The summed E-state index contributed by atoms with van der Waals surface area (Å²) in [5.74, 6) is 0.0769. The van der Waals surface area contributed by atoms with Crippen LogP contribution in [0.1, 0.15) is 17.5 Å². The Morgan fingerprint density at radius 2 is 2.17 bits per heavy atom. The number of nitrogens with one attached hydrogen (secondary N) is 1. The standard InChI is InChI=1S/C10H9NO/c1-7-3-2-4-9-8(7)5-6-10(12)11-9/h1-4H,5-6H2,(H,11,12). The molecule has 0 bridgehead atoms. The van der Waals surface area contributed by atoms with Gasteiger partial charge in [0.2, 0.25) is 5.91 Å². The van der Waals surface area contributed by atoms with E-state index in [9.17, 15) is 4.79 Å². The fourth-order valence-corrected chi connectivity index (χ4v) is 1.45. The van der Waals surface area contributed by atoms with E-state index in [2.05, 4.69) is 5.32 Å². The molecule has 60 valence electrons. The Morgan fingerprint density at radius 3 is 3.00 bits per heavy atom. The summed E-state index contributed by atoms with van der Waals surface area (Å²) in [6, 6.07) is 5.58. The van der Waals surface area contributed by atoms with Crippen LogP contribution < -0.4 is 5.32 Å². The molecular formula is C10H9NO. The lowest BCUT2D eigenvalue weighted by atomic mass is 9.98. The molecule has 0 aromatic heterocycles. The molecule has 1 aromatic rings. The van der Waals surface area contributed by atoms with E-state index in [1.54, 1.807) is 0 Å². The summed E-state index contributed by atoms with van der Waals surface area (Å²) >= 11 is 0. The van der Waals surface area contributed by atoms with Gasteiger partial charge in [0.1, 0.15) is 0 Å². The van der Waals surface area contributed by atoms with E-state index < -0.39 is 0 Å².